The van der Waals surface area contributed by atoms with E-state index in [-0.39, 0.29) is 11.8 Å². The van der Waals surface area contributed by atoms with Gasteiger partial charge in [0.15, 0.2) is 0 Å². The molecule has 1 aromatic rings. The van der Waals surface area contributed by atoms with Gasteiger partial charge in [-0.2, -0.15) is 0 Å². The Morgan fingerprint density at radius 1 is 1.44 bits per heavy atom. The van der Waals surface area contributed by atoms with E-state index in [2.05, 4.69) is 0 Å². The summed E-state index contributed by atoms with van der Waals surface area (Å²) in [5.74, 6) is 1.65. The summed E-state index contributed by atoms with van der Waals surface area (Å²) >= 11 is 0. The van der Waals surface area contributed by atoms with Crippen molar-refractivity contribution >= 4 is 5.91 Å². The molecule has 0 radical (unpaired) electrons. The lowest BCUT2D eigenvalue weighted by molar-refractivity contribution is -0.132. The Kier molecular flexibility index (Phi) is 4.55. The molecule has 0 bridgehead atoms. The number of hydrogen-bond acceptors (Lipinski definition) is 3. The largest absolute Gasteiger partial charge is 0.466 e. The van der Waals surface area contributed by atoms with Crippen LogP contribution in [0.5, 0.6) is 0 Å². The van der Waals surface area contributed by atoms with Crippen molar-refractivity contribution in [3.63, 3.8) is 0 Å². The predicted octanol–water partition coefficient (Wildman–Crippen LogP) is 1.05. The van der Waals surface area contributed by atoms with Crippen molar-refractivity contribution in [2.24, 2.45) is 11.7 Å². The first-order valence-corrected chi connectivity index (χ1v) is 5.57. The SMILES string of the molecule is CCc1ccc(CC(CN)C(=O)N(C)C)o1. The maximum Gasteiger partial charge on any atom is 0.226 e. The summed E-state index contributed by atoms with van der Waals surface area (Å²) in [5, 5.41) is 0. The highest BCUT2D eigenvalue weighted by molar-refractivity contribution is 5.78. The minimum absolute atomic E-state index is 0.0527. The van der Waals surface area contributed by atoms with Crippen LogP contribution in [0.1, 0.15) is 18.4 Å². The fourth-order valence-corrected chi connectivity index (χ4v) is 1.60. The molecular formula is C12H20N2O2. The summed E-state index contributed by atoms with van der Waals surface area (Å²) in [6.45, 7) is 2.38. The Bertz CT molecular complexity index is 345. The molecule has 0 saturated carbocycles. The molecule has 4 heteroatoms. The number of rotatable bonds is 5. The Labute approximate surface area is 96.4 Å². The summed E-state index contributed by atoms with van der Waals surface area (Å²) in [6, 6.07) is 3.87. The zero-order chi connectivity index (χ0) is 12.1. The number of amides is 1. The Hall–Kier alpha value is -1.29. The van der Waals surface area contributed by atoms with Crippen LogP contribution in [0.15, 0.2) is 16.5 Å². The highest BCUT2D eigenvalue weighted by atomic mass is 16.3. The summed E-state index contributed by atoms with van der Waals surface area (Å²) in [4.78, 5) is 13.3. The molecule has 0 aliphatic heterocycles. The van der Waals surface area contributed by atoms with Crippen LogP contribution in [-0.4, -0.2) is 31.4 Å². The van der Waals surface area contributed by atoms with Gasteiger partial charge in [0.25, 0.3) is 0 Å². The standard InChI is InChI=1S/C12H20N2O2/c1-4-10-5-6-11(16-10)7-9(8-13)12(15)14(2)3/h5-6,9H,4,7-8,13H2,1-3H3. The van der Waals surface area contributed by atoms with Crippen molar-refractivity contribution < 1.29 is 9.21 Å². The first-order chi connectivity index (χ1) is 7.58. The lowest BCUT2D eigenvalue weighted by Gasteiger charge is -2.17. The van der Waals surface area contributed by atoms with Crippen molar-refractivity contribution in [1.29, 1.82) is 0 Å². The number of nitrogens with two attached hydrogens (primary N) is 1. The summed E-state index contributed by atoms with van der Waals surface area (Å²) in [5.41, 5.74) is 5.61. The van der Waals surface area contributed by atoms with Gasteiger partial charge in [-0.1, -0.05) is 6.92 Å². The molecule has 0 aromatic carbocycles. The number of furan rings is 1. The summed E-state index contributed by atoms with van der Waals surface area (Å²) < 4.78 is 5.57. The van der Waals surface area contributed by atoms with Crippen LogP contribution in [0, 0.1) is 5.92 Å². The maximum atomic E-state index is 11.8. The van der Waals surface area contributed by atoms with E-state index in [9.17, 15) is 4.79 Å². The predicted molar refractivity (Wildman–Crippen MR) is 63.0 cm³/mol. The molecule has 1 unspecified atom stereocenters. The van der Waals surface area contributed by atoms with Crippen molar-refractivity contribution in [1.82, 2.24) is 4.90 Å². The molecule has 90 valence electrons. The normalized spacial score (nSPS) is 12.5. The fourth-order valence-electron chi connectivity index (χ4n) is 1.60. The van der Waals surface area contributed by atoms with E-state index in [0.717, 1.165) is 17.9 Å². The Morgan fingerprint density at radius 3 is 2.50 bits per heavy atom. The monoisotopic (exact) mass is 224 g/mol. The smallest absolute Gasteiger partial charge is 0.226 e. The Balaban J connectivity index is 2.66. The van der Waals surface area contributed by atoms with E-state index in [1.54, 1.807) is 19.0 Å². The molecule has 0 spiro atoms. The van der Waals surface area contributed by atoms with Crippen molar-refractivity contribution in [2.45, 2.75) is 19.8 Å². The minimum Gasteiger partial charge on any atom is -0.466 e. The zero-order valence-corrected chi connectivity index (χ0v) is 10.2. The number of nitrogens with zero attached hydrogens (tertiary/aromatic N) is 1. The van der Waals surface area contributed by atoms with Crippen LogP contribution in [0.25, 0.3) is 0 Å². The third kappa shape index (κ3) is 3.10. The average molecular weight is 224 g/mol. The molecular weight excluding hydrogens is 204 g/mol. The molecule has 1 amide bonds. The van der Waals surface area contributed by atoms with E-state index in [4.69, 9.17) is 10.2 Å². The molecule has 1 rings (SSSR count). The van der Waals surface area contributed by atoms with Crippen LogP contribution in [0.4, 0.5) is 0 Å². The summed E-state index contributed by atoms with van der Waals surface area (Å²) in [7, 11) is 3.48. The molecule has 1 atom stereocenters. The lowest BCUT2D eigenvalue weighted by Crippen LogP contribution is -2.35. The maximum absolute atomic E-state index is 11.8. The number of hydrogen-bond donors (Lipinski definition) is 1. The number of carbonyl (C=O) groups is 1. The minimum atomic E-state index is -0.189. The van der Waals surface area contributed by atoms with Crippen LogP contribution in [-0.2, 0) is 17.6 Å². The molecule has 1 heterocycles. The molecule has 0 aliphatic carbocycles. The van der Waals surface area contributed by atoms with E-state index in [0.29, 0.717) is 13.0 Å². The van der Waals surface area contributed by atoms with Gasteiger partial charge in [-0.3, -0.25) is 4.79 Å². The lowest BCUT2D eigenvalue weighted by atomic mass is 10.0. The third-order valence-corrected chi connectivity index (χ3v) is 2.59. The van der Waals surface area contributed by atoms with Crippen molar-refractivity contribution in [3.05, 3.63) is 23.7 Å². The third-order valence-electron chi connectivity index (χ3n) is 2.59. The number of aryl methyl sites for hydroxylation is 1. The second-order valence-corrected chi connectivity index (χ2v) is 4.09. The highest BCUT2D eigenvalue weighted by Crippen LogP contribution is 2.14. The fraction of sp³-hybridized carbons (Fsp3) is 0.583. The van der Waals surface area contributed by atoms with Gasteiger partial charge in [-0.15, -0.1) is 0 Å². The second kappa shape index (κ2) is 5.70. The van der Waals surface area contributed by atoms with Gasteiger partial charge in [-0.05, 0) is 12.1 Å². The van der Waals surface area contributed by atoms with Gasteiger partial charge in [-0.25, -0.2) is 0 Å². The van der Waals surface area contributed by atoms with Crippen LogP contribution >= 0.6 is 0 Å². The first kappa shape index (κ1) is 12.8. The van der Waals surface area contributed by atoms with E-state index >= 15 is 0 Å². The van der Waals surface area contributed by atoms with Crippen molar-refractivity contribution in [2.75, 3.05) is 20.6 Å². The first-order valence-electron chi connectivity index (χ1n) is 5.57. The molecule has 0 saturated heterocycles. The zero-order valence-electron chi connectivity index (χ0n) is 10.2. The molecule has 0 aliphatic rings. The summed E-state index contributed by atoms with van der Waals surface area (Å²) in [6.07, 6.45) is 1.45. The van der Waals surface area contributed by atoms with Crippen LogP contribution in [0.3, 0.4) is 0 Å². The number of carbonyl (C=O) groups excluding carboxylic acids is 1. The van der Waals surface area contributed by atoms with Crippen LogP contribution in [0.2, 0.25) is 0 Å². The van der Waals surface area contributed by atoms with E-state index < -0.39 is 0 Å². The van der Waals surface area contributed by atoms with Crippen molar-refractivity contribution in [3.8, 4) is 0 Å². The van der Waals surface area contributed by atoms with Gasteiger partial charge in [0.1, 0.15) is 11.5 Å². The van der Waals surface area contributed by atoms with Gasteiger partial charge in [0, 0.05) is 33.5 Å². The second-order valence-electron chi connectivity index (χ2n) is 4.09. The molecule has 0 fully saturated rings. The highest BCUT2D eigenvalue weighted by Gasteiger charge is 2.20. The van der Waals surface area contributed by atoms with Gasteiger partial charge < -0.3 is 15.1 Å². The topological polar surface area (TPSA) is 59.5 Å². The molecule has 2 N–H and O–H groups in total. The van der Waals surface area contributed by atoms with Gasteiger partial charge >= 0.3 is 0 Å². The van der Waals surface area contributed by atoms with Gasteiger partial charge in [0.2, 0.25) is 5.91 Å². The van der Waals surface area contributed by atoms with Gasteiger partial charge in [0.05, 0.1) is 5.92 Å². The quantitative estimate of drug-likeness (QED) is 0.813. The Morgan fingerprint density at radius 2 is 2.06 bits per heavy atom. The molecule has 16 heavy (non-hydrogen) atoms. The van der Waals surface area contributed by atoms with Crippen LogP contribution < -0.4 is 5.73 Å². The van der Waals surface area contributed by atoms with E-state index in [1.165, 1.54) is 0 Å². The average Bonchev–Trinajstić information content (AvgIpc) is 2.72. The molecule has 1 aromatic heterocycles. The molecule has 4 nitrogen and oxygen atoms in total. The van der Waals surface area contributed by atoms with E-state index in [1.807, 2.05) is 19.1 Å².